The van der Waals surface area contributed by atoms with E-state index in [1.807, 2.05) is 46.4 Å². The first kappa shape index (κ1) is 29.5. The van der Waals surface area contributed by atoms with Gasteiger partial charge < -0.3 is 24.2 Å². The molecule has 1 N–H and O–H groups in total. The van der Waals surface area contributed by atoms with E-state index in [1.54, 1.807) is 0 Å². The molecule has 7 nitrogen and oxygen atoms in total. The average molecular weight is 568 g/mol. The van der Waals surface area contributed by atoms with Crippen molar-refractivity contribution in [1.82, 2.24) is 4.90 Å². The smallest absolute Gasteiger partial charge is 0.337 e. The Morgan fingerprint density at radius 2 is 1.80 bits per heavy atom. The Labute approximate surface area is 242 Å². The van der Waals surface area contributed by atoms with Crippen LogP contribution in [0.25, 0.3) is 11.1 Å². The molecule has 1 amide bonds. The lowest BCUT2D eigenvalue weighted by molar-refractivity contribution is -0.160. The number of amides is 1. The first-order valence-corrected chi connectivity index (χ1v) is 14.7. The molecule has 1 atom stereocenters. The molecule has 3 heterocycles. The molecule has 8 heteroatoms. The van der Waals surface area contributed by atoms with Crippen LogP contribution in [-0.4, -0.2) is 53.8 Å². The fourth-order valence-corrected chi connectivity index (χ4v) is 6.74. The Kier molecular flexibility index (Phi) is 8.18. The third kappa shape index (κ3) is 5.73. The number of halogens is 1. The average Bonchev–Trinajstić information content (AvgIpc) is 2.92. The van der Waals surface area contributed by atoms with Crippen LogP contribution in [-0.2, 0) is 38.4 Å². The molecular weight excluding hydrogens is 525 g/mol. The standard InChI is InChI=1S/C33H42FNO6/c1-18-22-8-7-11-40-30(22)26(34)14-24(18)28-20(3)25-17-35(16-21-9-12-39-13-10-21)27(36)15-23(25)19(2)29(28)31(32(37)38)41-33(4,5)6/h14,21,31H,7-13,15-17H2,1-6H3,(H,37,38)/t31-/m1/s1. The van der Waals surface area contributed by atoms with Gasteiger partial charge in [0.1, 0.15) is 0 Å². The van der Waals surface area contributed by atoms with Gasteiger partial charge in [0.15, 0.2) is 17.7 Å². The largest absolute Gasteiger partial charge is 0.490 e. The van der Waals surface area contributed by atoms with E-state index in [9.17, 15) is 14.7 Å². The lowest BCUT2D eigenvalue weighted by atomic mass is 9.78. The number of ether oxygens (including phenoxy) is 3. The lowest BCUT2D eigenvalue weighted by Gasteiger charge is -2.37. The molecule has 1 fully saturated rings. The molecule has 0 spiro atoms. The predicted molar refractivity (Wildman–Crippen MR) is 154 cm³/mol. The number of benzene rings is 2. The molecule has 0 radical (unpaired) electrons. The van der Waals surface area contributed by atoms with Crippen LogP contribution >= 0.6 is 0 Å². The molecule has 2 aromatic carbocycles. The quantitative estimate of drug-likeness (QED) is 0.461. The maximum absolute atomic E-state index is 15.6. The van der Waals surface area contributed by atoms with E-state index in [4.69, 9.17) is 14.2 Å². The summed E-state index contributed by atoms with van der Waals surface area (Å²) in [6.45, 7) is 14.3. The lowest BCUT2D eigenvalue weighted by Crippen LogP contribution is -2.41. The second kappa shape index (κ2) is 11.4. The van der Waals surface area contributed by atoms with Crippen molar-refractivity contribution in [2.24, 2.45) is 5.92 Å². The summed E-state index contributed by atoms with van der Waals surface area (Å²) < 4.78 is 33.0. The van der Waals surface area contributed by atoms with E-state index in [-0.39, 0.29) is 12.3 Å². The second-order valence-corrected chi connectivity index (χ2v) is 12.7. The molecule has 2 aromatic rings. The van der Waals surface area contributed by atoms with Crippen molar-refractivity contribution in [2.45, 2.75) is 91.9 Å². The molecule has 0 aliphatic carbocycles. The number of carboxylic acid groups (broad SMARTS) is 1. The van der Waals surface area contributed by atoms with E-state index in [0.29, 0.717) is 67.7 Å². The Morgan fingerprint density at radius 1 is 1.10 bits per heavy atom. The molecule has 1 saturated heterocycles. The van der Waals surface area contributed by atoms with Gasteiger partial charge in [-0.05, 0) is 118 Å². The number of carbonyl (C=O) groups is 2. The van der Waals surface area contributed by atoms with E-state index in [1.165, 1.54) is 6.07 Å². The summed E-state index contributed by atoms with van der Waals surface area (Å²) in [6.07, 6.45) is 2.25. The molecule has 0 aromatic heterocycles. The summed E-state index contributed by atoms with van der Waals surface area (Å²) in [6, 6.07) is 1.49. The molecule has 3 aliphatic rings. The minimum absolute atomic E-state index is 0.0435. The number of fused-ring (bicyclic) bond motifs is 2. The molecule has 222 valence electrons. The number of hydrogen-bond donors (Lipinski definition) is 1. The van der Waals surface area contributed by atoms with Crippen molar-refractivity contribution in [2.75, 3.05) is 26.4 Å². The number of nitrogens with zero attached hydrogens (tertiary/aromatic N) is 1. The highest BCUT2D eigenvalue weighted by atomic mass is 19.1. The number of carbonyl (C=O) groups excluding carboxylic acids is 1. The minimum atomic E-state index is -1.29. The first-order valence-electron chi connectivity index (χ1n) is 14.7. The van der Waals surface area contributed by atoms with Gasteiger partial charge in [-0.25, -0.2) is 9.18 Å². The van der Waals surface area contributed by atoms with Crippen molar-refractivity contribution in [3.63, 3.8) is 0 Å². The summed E-state index contributed by atoms with van der Waals surface area (Å²) >= 11 is 0. The van der Waals surface area contributed by atoms with Crippen molar-refractivity contribution in [1.29, 1.82) is 0 Å². The highest BCUT2D eigenvalue weighted by molar-refractivity contribution is 5.88. The Bertz CT molecular complexity index is 1370. The Morgan fingerprint density at radius 3 is 2.46 bits per heavy atom. The summed E-state index contributed by atoms with van der Waals surface area (Å²) in [5, 5.41) is 10.5. The van der Waals surface area contributed by atoms with Gasteiger partial charge in [0, 0.05) is 37.4 Å². The fourth-order valence-electron chi connectivity index (χ4n) is 6.74. The van der Waals surface area contributed by atoms with Crippen LogP contribution in [0.1, 0.15) is 85.1 Å². The van der Waals surface area contributed by atoms with E-state index in [2.05, 4.69) is 0 Å². The zero-order valence-electron chi connectivity index (χ0n) is 25.1. The fraction of sp³-hybridized carbons (Fsp3) is 0.576. The summed E-state index contributed by atoms with van der Waals surface area (Å²) in [4.78, 5) is 28.2. The van der Waals surface area contributed by atoms with Crippen LogP contribution in [0, 0.1) is 32.5 Å². The van der Waals surface area contributed by atoms with Gasteiger partial charge in [-0.15, -0.1) is 0 Å². The van der Waals surface area contributed by atoms with E-state index >= 15 is 4.39 Å². The third-order valence-corrected chi connectivity index (χ3v) is 8.83. The summed E-state index contributed by atoms with van der Waals surface area (Å²) in [5.74, 6) is -0.836. The van der Waals surface area contributed by atoms with Crippen molar-refractivity contribution >= 4 is 11.9 Å². The zero-order chi connectivity index (χ0) is 29.6. The van der Waals surface area contributed by atoms with Gasteiger partial charge >= 0.3 is 5.97 Å². The van der Waals surface area contributed by atoms with Gasteiger partial charge in [0.05, 0.1) is 18.6 Å². The molecule has 0 saturated carbocycles. The summed E-state index contributed by atoms with van der Waals surface area (Å²) in [5.41, 5.74) is 6.26. The second-order valence-electron chi connectivity index (χ2n) is 12.7. The van der Waals surface area contributed by atoms with Gasteiger partial charge in [-0.1, -0.05) is 0 Å². The number of rotatable bonds is 6. The van der Waals surface area contributed by atoms with Crippen LogP contribution in [0.5, 0.6) is 5.75 Å². The van der Waals surface area contributed by atoms with Crippen molar-refractivity contribution in [3.8, 4) is 16.9 Å². The molecule has 3 aliphatic heterocycles. The van der Waals surface area contributed by atoms with Crippen LogP contribution in [0.4, 0.5) is 4.39 Å². The van der Waals surface area contributed by atoms with Crippen molar-refractivity contribution < 1.29 is 33.3 Å². The maximum atomic E-state index is 15.6. The van der Waals surface area contributed by atoms with E-state index < -0.39 is 23.5 Å². The highest BCUT2D eigenvalue weighted by Gasteiger charge is 2.37. The Balaban J connectivity index is 1.72. The van der Waals surface area contributed by atoms with Gasteiger partial charge in [0.2, 0.25) is 5.91 Å². The van der Waals surface area contributed by atoms with Crippen LogP contribution in [0.15, 0.2) is 6.07 Å². The number of aliphatic carboxylic acids is 1. The van der Waals surface area contributed by atoms with Crippen LogP contribution in [0.3, 0.4) is 0 Å². The highest BCUT2D eigenvalue weighted by Crippen LogP contribution is 2.46. The van der Waals surface area contributed by atoms with Gasteiger partial charge in [0.25, 0.3) is 0 Å². The minimum Gasteiger partial charge on any atom is -0.490 e. The topological polar surface area (TPSA) is 85.3 Å². The Hall–Kier alpha value is -2.97. The molecular formula is C33H42FNO6. The summed E-state index contributed by atoms with van der Waals surface area (Å²) in [7, 11) is 0. The number of carboxylic acids is 1. The number of hydrogen-bond acceptors (Lipinski definition) is 5. The van der Waals surface area contributed by atoms with Gasteiger partial charge in [-0.3, -0.25) is 4.79 Å². The third-order valence-electron chi connectivity index (χ3n) is 8.83. The van der Waals surface area contributed by atoms with Crippen molar-refractivity contribution in [3.05, 3.63) is 50.8 Å². The normalized spacial score (nSPS) is 18.5. The predicted octanol–water partition coefficient (Wildman–Crippen LogP) is 6.00. The SMILES string of the molecule is Cc1c(-c2c(C)c3c(c(C)c2[C@@H](OC(C)(C)C)C(=O)O)CC(=O)N(CC2CCOCC2)C3)cc(F)c2c1CCCO2. The zero-order valence-corrected chi connectivity index (χ0v) is 25.1. The maximum Gasteiger partial charge on any atom is 0.337 e. The van der Waals surface area contributed by atoms with Crippen LogP contribution in [0.2, 0.25) is 0 Å². The van der Waals surface area contributed by atoms with Gasteiger partial charge in [-0.2, -0.15) is 0 Å². The molecule has 41 heavy (non-hydrogen) atoms. The molecule has 5 rings (SSSR count). The monoisotopic (exact) mass is 567 g/mol. The first-order chi connectivity index (χ1) is 19.4. The van der Waals surface area contributed by atoms with Crippen LogP contribution < -0.4 is 4.74 Å². The molecule has 0 unspecified atom stereocenters. The molecule has 0 bridgehead atoms. The van der Waals surface area contributed by atoms with E-state index in [0.717, 1.165) is 52.6 Å².